The standard InChI is InChI=1S/C26H20F3N5O4/c1-15(35)16-5-4-6-17(11-16)31-25(38)32-18-9-10-21-19(12-18)24(37)34(14-30-21)13-23(36)33-22-8-3-2-7-20(22)26(27,28)29/h2-12,14H,13H2,1H3,(H,33,36)(H2,31,32,38). The van der Waals surface area contributed by atoms with Gasteiger partial charge in [-0.2, -0.15) is 13.2 Å². The molecule has 0 radical (unpaired) electrons. The molecule has 0 saturated heterocycles. The maximum Gasteiger partial charge on any atom is 0.418 e. The average molecular weight is 523 g/mol. The van der Waals surface area contributed by atoms with Gasteiger partial charge >= 0.3 is 12.2 Å². The number of anilines is 3. The summed E-state index contributed by atoms with van der Waals surface area (Å²) in [6.45, 7) is 0.818. The predicted octanol–water partition coefficient (Wildman–Crippen LogP) is 4.90. The highest BCUT2D eigenvalue weighted by atomic mass is 19.4. The molecule has 1 heterocycles. The van der Waals surface area contributed by atoms with Crippen molar-refractivity contribution in [3.63, 3.8) is 0 Å². The lowest BCUT2D eigenvalue weighted by Gasteiger charge is -2.14. The summed E-state index contributed by atoms with van der Waals surface area (Å²) >= 11 is 0. The molecule has 1 aromatic heterocycles. The number of nitrogens with one attached hydrogen (secondary N) is 3. The molecule has 4 aromatic rings. The number of Topliss-reactive ketones (excluding diaryl/α,β-unsaturated/α-hetero) is 1. The molecule has 9 nitrogen and oxygen atoms in total. The third-order valence-electron chi connectivity index (χ3n) is 5.43. The molecule has 0 aliphatic rings. The van der Waals surface area contributed by atoms with Crippen LogP contribution in [0.5, 0.6) is 0 Å². The van der Waals surface area contributed by atoms with Gasteiger partial charge in [0.15, 0.2) is 5.78 Å². The molecular weight excluding hydrogens is 503 g/mol. The van der Waals surface area contributed by atoms with Crippen LogP contribution in [0, 0.1) is 0 Å². The van der Waals surface area contributed by atoms with E-state index in [-0.39, 0.29) is 22.4 Å². The fourth-order valence-electron chi connectivity index (χ4n) is 3.64. The Morgan fingerprint density at radius 2 is 1.61 bits per heavy atom. The fourth-order valence-corrected chi connectivity index (χ4v) is 3.64. The first-order valence-electron chi connectivity index (χ1n) is 11.2. The first-order valence-corrected chi connectivity index (χ1v) is 11.2. The van der Waals surface area contributed by atoms with Crippen molar-refractivity contribution >= 4 is 45.7 Å². The molecule has 0 spiro atoms. The lowest BCUT2D eigenvalue weighted by molar-refractivity contribution is -0.137. The molecule has 0 bridgehead atoms. The summed E-state index contributed by atoms with van der Waals surface area (Å²) in [7, 11) is 0. The highest BCUT2D eigenvalue weighted by molar-refractivity contribution is 6.02. The number of hydrogen-bond acceptors (Lipinski definition) is 5. The van der Waals surface area contributed by atoms with Crippen LogP contribution in [-0.2, 0) is 17.5 Å². The highest BCUT2D eigenvalue weighted by Crippen LogP contribution is 2.34. The number of ketones is 1. The highest BCUT2D eigenvalue weighted by Gasteiger charge is 2.33. The van der Waals surface area contributed by atoms with Gasteiger partial charge in [0.2, 0.25) is 5.91 Å². The lowest BCUT2D eigenvalue weighted by atomic mass is 10.1. The van der Waals surface area contributed by atoms with E-state index in [1.54, 1.807) is 18.2 Å². The number of carbonyl (C=O) groups excluding carboxylic acids is 3. The second-order valence-corrected chi connectivity index (χ2v) is 8.22. The quantitative estimate of drug-likeness (QED) is 0.310. The van der Waals surface area contributed by atoms with Gasteiger partial charge in [0, 0.05) is 16.9 Å². The van der Waals surface area contributed by atoms with E-state index in [9.17, 15) is 32.3 Å². The Bertz CT molecular complexity index is 1610. The molecule has 0 atom stereocenters. The van der Waals surface area contributed by atoms with Crippen molar-refractivity contribution in [1.82, 2.24) is 9.55 Å². The summed E-state index contributed by atoms with van der Waals surface area (Å²) in [5, 5.41) is 7.42. The fraction of sp³-hybridized carbons (Fsp3) is 0.115. The first kappa shape index (κ1) is 26.1. The number of rotatable bonds is 6. The normalized spacial score (nSPS) is 11.2. The van der Waals surface area contributed by atoms with Crippen LogP contribution in [0.1, 0.15) is 22.8 Å². The van der Waals surface area contributed by atoms with Crippen LogP contribution < -0.4 is 21.5 Å². The number of alkyl halides is 3. The van der Waals surface area contributed by atoms with Crippen LogP contribution in [0.3, 0.4) is 0 Å². The van der Waals surface area contributed by atoms with Crippen LogP contribution in [0.15, 0.2) is 77.9 Å². The van der Waals surface area contributed by atoms with E-state index in [1.165, 1.54) is 43.3 Å². The molecule has 12 heteroatoms. The Kier molecular flexibility index (Phi) is 7.24. The zero-order valence-corrected chi connectivity index (χ0v) is 19.8. The summed E-state index contributed by atoms with van der Waals surface area (Å²) in [6, 6.07) is 14.6. The Hall–Kier alpha value is -5.00. The maximum absolute atomic E-state index is 13.2. The van der Waals surface area contributed by atoms with Crippen LogP contribution in [0.2, 0.25) is 0 Å². The first-order chi connectivity index (χ1) is 18.0. The molecule has 38 heavy (non-hydrogen) atoms. The molecule has 3 amide bonds. The van der Waals surface area contributed by atoms with Crippen molar-refractivity contribution in [2.24, 2.45) is 0 Å². The summed E-state index contributed by atoms with van der Waals surface area (Å²) in [6.07, 6.45) is -3.56. The van der Waals surface area contributed by atoms with Crippen LogP contribution >= 0.6 is 0 Å². The number of para-hydroxylation sites is 1. The van der Waals surface area contributed by atoms with Crippen molar-refractivity contribution in [3.8, 4) is 0 Å². The van der Waals surface area contributed by atoms with Gasteiger partial charge in [-0.25, -0.2) is 9.78 Å². The monoisotopic (exact) mass is 523 g/mol. The second-order valence-electron chi connectivity index (χ2n) is 8.22. The zero-order chi connectivity index (χ0) is 27.4. The maximum atomic E-state index is 13.2. The number of carbonyl (C=O) groups is 3. The molecule has 3 aromatic carbocycles. The molecule has 4 rings (SSSR count). The molecule has 0 fully saturated rings. The van der Waals surface area contributed by atoms with Gasteiger partial charge in [0.1, 0.15) is 6.54 Å². The van der Waals surface area contributed by atoms with E-state index in [0.717, 1.165) is 23.0 Å². The number of benzene rings is 3. The number of amides is 3. The summed E-state index contributed by atoms with van der Waals surface area (Å²) in [5.41, 5.74) is -0.735. The Labute approximate surface area is 213 Å². The predicted molar refractivity (Wildman–Crippen MR) is 135 cm³/mol. The SMILES string of the molecule is CC(=O)c1cccc(NC(=O)Nc2ccc3ncn(CC(=O)Nc4ccccc4C(F)(F)F)c(=O)c3c2)c1. The summed E-state index contributed by atoms with van der Waals surface area (Å²) < 4.78 is 40.5. The molecular formula is C26H20F3N5O4. The third kappa shape index (κ3) is 6.03. The third-order valence-corrected chi connectivity index (χ3v) is 5.43. The van der Waals surface area contributed by atoms with Crippen molar-refractivity contribution < 1.29 is 27.6 Å². The molecule has 3 N–H and O–H groups in total. The van der Waals surface area contributed by atoms with E-state index < -0.39 is 41.5 Å². The summed E-state index contributed by atoms with van der Waals surface area (Å²) in [5.74, 6) is -1.02. The largest absolute Gasteiger partial charge is 0.418 e. The second kappa shape index (κ2) is 10.5. The molecule has 194 valence electrons. The van der Waals surface area contributed by atoms with Gasteiger partial charge < -0.3 is 16.0 Å². The van der Waals surface area contributed by atoms with Crippen LogP contribution in [0.4, 0.5) is 35.0 Å². The van der Waals surface area contributed by atoms with Gasteiger partial charge in [-0.3, -0.25) is 19.0 Å². The number of halogens is 3. The zero-order valence-electron chi connectivity index (χ0n) is 19.8. The van der Waals surface area contributed by atoms with Gasteiger partial charge in [0.25, 0.3) is 5.56 Å². The molecule has 0 aliphatic heterocycles. The summed E-state index contributed by atoms with van der Waals surface area (Å²) in [4.78, 5) is 53.5. The van der Waals surface area contributed by atoms with E-state index in [4.69, 9.17) is 0 Å². The number of fused-ring (bicyclic) bond motifs is 1. The smallest absolute Gasteiger partial charge is 0.324 e. The van der Waals surface area contributed by atoms with Gasteiger partial charge in [-0.05, 0) is 49.4 Å². The molecule has 0 saturated carbocycles. The number of nitrogens with zero attached hydrogens (tertiary/aromatic N) is 2. The lowest BCUT2D eigenvalue weighted by Crippen LogP contribution is -2.28. The van der Waals surface area contributed by atoms with Gasteiger partial charge in [0.05, 0.1) is 28.5 Å². The van der Waals surface area contributed by atoms with Crippen LogP contribution in [0.25, 0.3) is 10.9 Å². The number of hydrogen-bond donors (Lipinski definition) is 3. The molecule has 0 aliphatic carbocycles. The topological polar surface area (TPSA) is 122 Å². The van der Waals surface area contributed by atoms with Crippen molar-refractivity contribution in [1.29, 1.82) is 0 Å². The van der Waals surface area contributed by atoms with E-state index in [0.29, 0.717) is 11.3 Å². The van der Waals surface area contributed by atoms with E-state index in [2.05, 4.69) is 20.9 Å². The van der Waals surface area contributed by atoms with Crippen molar-refractivity contribution in [2.75, 3.05) is 16.0 Å². The number of aromatic nitrogens is 2. The Balaban J connectivity index is 1.50. The average Bonchev–Trinajstić information content (AvgIpc) is 2.86. The minimum absolute atomic E-state index is 0.0763. The number of urea groups is 1. The van der Waals surface area contributed by atoms with Crippen molar-refractivity contribution in [2.45, 2.75) is 19.6 Å². The van der Waals surface area contributed by atoms with Crippen molar-refractivity contribution in [3.05, 3.63) is 94.5 Å². The Morgan fingerprint density at radius 3 is 2.32 bits per heavy atom. The van der Waals surface area contributed by atoms with E-state index >= 15 is 0 Å². The van der Waals surface area contributed by atoms with Gasteiger partial charge in [-0.1, -0.05) is 24.3 Å². The minimum Gasteiger partial charge on any atom is -0.324 e. The van der Waals surface area contributed by atoms with Gasteiger partial charge in [-0.15, -0.1) is 0 Å². The van der Waals surface area contributed by atoms with Crippen LogP contribution in [-0.4, -0.2) is 27.3 Å². The van der Waals surface area contributed by atoms with E-state index in [1.807, 2.05) is 0 Å². The Morgan fingerprint density at radius 1 is 0.895 bits per heavy atom. The minimum atomic E-state index is -4.67. The molecule has 0 unspecified atom stereocenters.